The maximum atomic E-state index is 6.34. The largest absolute Gasteiger partial charge is 0.381 e. The van der Waals surface area contributed by atoms with Crippen LogP contribution < -0.4 is 5.32 Å². The van der Waals surface area contributed by atoms with Gasteiger partial charge in [-0.05, 0) is 50.7 Å². The predicted octanol–water partition coefficient (Wildman–Crippen LogP) is 4.16. The van der Waals surface area contributed by atoms with Gasteiger partial charge in [-0.3, -0.25) is 0 Å². The van der Waals surface area contributed by atoms with E-state index in [1.165, 1.54) is 19.3 Å². The fourth-order valence-corrected chi connectivity index (χ4v) is 3.23. The minimum atomic E-state index is 0.187. The monoisotopic (exact) mass is 265 g/mol. The molecule has 1 N–H and O–H groups in total. The van der Waals surface area contributed by atoms with Gasteiger partial charge < -0.3 is 10.1 Å². The Morgan fingerprint density at radius 1 is 1.39 bits per heavy atom. The van der Waals surface area contributed by atoms with Gasteiger partial charge in [0.25, 0.3) is 0 Å². The van der Waals surface area contributed by atoms with E-state index in [4.69, 9.17) is 16.3 Å². The van der Waals surface area contributed by atoms with E-state index < -0.39 is 0 Å². The number of benzene rings is 1. The summed E-state index contributed by atoms with van der Waals surface area (Å²) < 4.78 is 5.95. The fourth-order valence-electron chi connectivity index (χ4n) is 3.05. The first-order valence-electron chi connectivity index (χ1n) is 6.84. The molecule has 2 nitrogen and oxygen atoms in total. The van der Waals surface area contributed by atoms with E-state index in [0.29, 0.717) is 6.04 Å². The Morgan fingerprint density at radius 2 is 2.22 bits per heavy atom. The second-order valence-electron chi connectivity index (χ2n) is 5.66. The van der Waals surface area contributed by atoms with Gasteiger partial charge in [-0.15, -0.1) is 0 Å². The van der Waals surface area contributed by atoms with Gasteiger partial charge in [0.1, 0.15) is 0 Å². The number of aryl methyl sites for hydroxylation is 1. The summed E-state index contributed by atoms with van der Waals surface area (Å²) in [5.74, 6) is 0. The van der Waals surface area contributed by atoms with Crippen molar-refractivity contribution >= 4 is 17.3 Å². The van der Waals surface area contributed by atoms with Crippen molar-refractivity contribution in [2.45, 2.75) is 50.7 Å². The van der Waals surface area contributed by atoms with E-state index in [1.54, 1.807) is 0 Å². The molecule has 0 amide bonds. The first-order chi connectivity index (χ1) is 8.69. The van der Waals surface area contributed by atoms with Crippen molar-refractivity contribution in [2.75, 3.05) is 11.9 Å². The first kappa shape index (κ1) is 12.3. The van der Waals surface area contributed by atoms with Gasteiger partial charge in [0.05, 0.1) is 16.3 Å². The van der Waals surface area contributed by atoms with Gasteiger partial charge in [-0.1, -0.05) is 23.7 Å². The first-order valence-corrected chi connectivity index (χ1v) is 7.22. The van der Waals surface area contributed by atoms with Crippen LogP contribution in [0.3, 0.4) is 0 Å². The highest BCUT2D eigenvalue weighted by molar-refractivity contribution is 6.34. The van der Waals surface area contributed by atoms with Crippen LogP contribution >= 0.6 is 11.6 Å². The summed E-state index contributed by atoms with van der Waals surface area (Å²) in [4.78, 5) is 0. The minimum Gasteiger partial charge on any atom is -0.381 e. The number of rotatable bonds is 2. The van der Waals surface area contributed by atoms with Gasteiger partial charge in [-0.2, -0.15) is 0 Å². The van der Waals surface area contributed by atoms with Gasteiger partial charge in [0.2, 0.25) is 0 Å². The number of ether oxygens (including phenoxy) is 1. The van der Waals surface area contributed by atoms with Gasteiger partial charge >= 0.3 is 0 Å². The summed E-state index contributed by atoms with van der Waals surface area (Å²) in [5, 5.41) is 4.45. The normalized spacial score (nSPS) is 25.8. The number of hydrogen-bond acceptors (Lipinski definition) is 2. The zero-order chi connectivity index (χ0) is 12.6. The molecule has 1 aromatic carbocycles. The van der Waals surface area contributed by atoms with Crippen LogP contribution in [0.2, 0.25) is 5.02 Å². The maximum absolute atomic E-state index is 6.34. The number of anilines is 1. The summed E-state index contributed by atoms with van der Waals surface area (Å²) in [6.07, 6.45) is 5.97. The molecule has 0 aromatic heterocycles. The Balaban J connectivity index is 1.70. The summed E-state index contributed by atoms with van der Waals surface area (Å²) in [7, 11) is 0. The molecule has 3 heteroatoms. The van der Waals surface area contributed by atoms with Crippen LogP contribution in [0.1, 0.15) is 37.7 Å². The standard InChI is InChI=1S/C15H20ClNO/c1-11-4-2-5-13(14(11)16)17-12-6-9-18-15(10-12)7-3-8-15/h2,4-5,12,17H,3,6-10H2,1H3. The highest BCUT2D eigenvalue weighted by Crippen LogP contribution is 2.43. The molecule has 1 aromatic rings. The van der Waals surface area contributed by atoms with E-state index in [0.717, 1.165) is 35.7 Å². The quantitative estimate of drug-likeness (QED) is 0.867. The fraction of sp³-hybridized carbons (Fsp3) is 0.600. The smallest absolute Gasteiger partial charge is 0.0702 e. The van der Waals surface area contributed by atoms with Crippen LogP contribution in [0.5, 0.6) is 0 Å². The van der Waals surface area contributed by atoms with Crippen molar-refractivity contribution in [3.63, 3.8) is 0 Å². The molecule has 1 aliphatic heterocycles. The Labute approximate surface area is 114 Å². The summed E-state index contributed by atoms with van der Waals surface area (Å²) in [5.41, 5.74) is 2.39. The van der Waals surface area contributed by atoms with Crippen LogP contribution in [0.4, 0.5) is 5.69 Å². The van der Waals surface area contributed by atoms with Crippen LogP contribution in [0.25, 0.3) is 0 Å². The van der Waals surface area contributed by atoms with Crippen LogP contribution in [0.15, 0.2) is 18.2 Å². The SMILES string of the molecule is Cc1cccc(NC2CCOC3(CCC3)C2)c1Cl. The molecule has 0 radical (unpaired) electrons. The highest BCUT2D eigenvalue weighted by atomic mass is 35.5. The molecular formula is C15H20ClNO. The zero-order valence-electron chi connectivity index (χ0n) is 10.8. The Bertz CT molecular complexity index is 442. The third kappa shape index (κ3) is 2.24. The third-order valence-electron chi connectivity index (χ3n) is 4.31. The molecule has 1 atom stereocenters. The van der Waals surface area contributed by atoms with E-state index in [9.17, 15) is 0 Å². The molecule has 18 heavy (non-hydrogen) atoms. The van der Waals surface area contributed by atoms with E-state index in [2.05, 4.69) is 17.4 Å². The van der Waals surface area contributed by atoms with Gasteiger partial charge in [0.15, 0.2) is 0 Å². The molecule has 1 saturated carbocycles. The van der Waals surface area contributed by atoms with Gasteiger partial charge in [0, 0.05) is 12.6 Å². The Kier molecular flexibility index (Phi) is 3.25. The van der Waals surface area contributed by atoms with Crippen molar-refractivity contribution < 1.29 is 4.74 Å². The van der Waals surface area contributed by atoms with Crippen molar-refractivity contribution in [1.29, 1.82) is 0 Å². The lowest BCUT2D eigenvalue weighted by Crippen LogP contribution is -2.49. The third-order valence-corrected chi connectivity index (χ3v) is 4.81. The predicted molar refractivity (Wildman–Crippen MR) is 75.4 cm³/mol. The Hall–Kier alpha value is -0.730. The van der Waals surface area contributed by atoms with Crippen LogP contribution in [-0.2, 0) is 4.74 Å². The van der Waals surface area contributed by atoms with E-state index in [-0.39, 0.29) is 5.60 Å². The Morgan fingerprint density at radius 3 is 2.94 bits per heavy atom. The molecule has 1 aliphatic carbocycles. The topological polar surface area (TPSA) is 21.3 Å². The molecule has 1 heterocycles. The van der Waals surface area contributed by atoms with Crippen molar-refractivity contribution in [2.24, 2.45) is 0 Å². The second-order valence-corrected chi connectivity index (χ2v) is 6.03. The van der Waals surface area contributed by atoms with Crippen molar-refractivity contribution in [3.05, 3.63) is 28.8 Å². The summed E-state index contributed by atoms with van der Waals surface area (Å²) in [6.45, 7) is 2.92. The number of halogens is 1. The summed E-state index contributed by atoms with van der Waals surface area (Å²) in [6, 6.07) is 6.67. The van der Waals surface area contributed by atoms with E-state index >= 15 is 0 Å². The van der Waals surface area contributed by atoms with Crippen LogP contribution in [-0.4, -0.2) is 18.2 Å². The molecule has 1 spiro atoms. The molecule has 1 unspecified atom stereocenters. The molecule has 2 aliphatic rings. The molecule has 0 bridgehead atoms. The molecule has 98 valence electrons. The lowest BCUT2D eigenvalue weighted by Gasteiger charge is -2.47. The number of hydrogen-bond donors (Lipinski definition) is 1. The second kappa shape index (κ2) is 4.75. The van der Waals surface area contributed by atoms with Crippen molar-refractivity contribution in [3.8, 4) is 0 Å². The highest BCUT2D eigenvalue weighted by Gasteiger charge is 2.42. The average molecular weight is 266 g/mol. The maximum Gasteiger partial charge on any atom is 0.0702 e. The minimum absolute atomic E-state index is 0.187. The number of nitrogens with one attached hydrogen (secondary N) is 1. The molecule has 2 fully saturated rings. The van der Waals surface area contributed by atoms with E-state index in [1.807, 2.05) is 13.0 Å². The lowest BCUT2D eigenvalue weighted by molar-refractivity contribution is -0.130. The molecule has 3 rings (SSSR count). The summed E-state index contributed by atoms with van der Waals surface area (Å²) >= 11 is 6.34. The van der Waals surface area contributed by atoms with Crippen LogP contribution in [0, 0.1) is 6.92 Å². The lowest BCUT2D eigenvalue weighted by atomic mass is 9.74. The zero-order valence-corrected chi connectivity index (χ0v) is 11.6. The average Bonchev–Trinajstić information content (AvgIpc) is 2.34. The van der Waals surface area contributed by atoms with Gasteiger partial charge in [-0.25, -0.2) is 0 Å². The van der Waals surface area contributed by atoms with Crippen molar-refractivity contribution in [1.82, 2.24) is 0 Å². The molecular weight excluding hydrogens is 246 g/mol. The molecule has 1 saturated heterocycles.